The average molecular weight is 307 g/mol. The molecule has 0 radical (unpaired) electrons. The lowest BCUT2D eigenvalue weighted by Crippen LogP contribution is -2.63. The molecule has 0 unspecified atom stereocenters. The fourth-order valence-electron chi connectivity index (χ4n) is 2.39. The van der Waals surface area contributed by atoms with Crippen LogP contribution in [0.2, 0.25) is 0 Å². The Kier molecular flexibility index (Phi) is 3.66. The summed E-state index contributed by atoms with van der Waals surface area (Å²) in [7, 11) is 0. The van der Waals surface area contributed by atoms with Gasteiger partial charge in [-0.25, -0.2) is 9.18 Å². The van der Waals surface area contributed by atoms with Gasteiger partial charge in [0.1, 0.15) is 11.6 Å². The molecule has 1 aromatic rings. The summed E-state index contributed by atoms with van der Waals surface area (Å²) in [6.07, 6.45) is 0. The van der Waals surface area contributed by atoms with E-state index in [1.165, 1.54) is 29.2 Å². The molecule has 1 aromatic carbocycles. The molecule has 0 atom stereocenters. The Labute approximate surface area is 125 Å². The molecule has 8 heteroatoms. The number of hydrogen-bond donors (Lipinski definition) is 1. The van der Waals surface area contributed by atoms with E-state index in [0.717, 1.165) is 4.90 Å². The predicted molar refractivity (Wildman–Crippen MR) is 72.5 cm³/mol. The second kappa shape index (κ2) is 5.63. The maximum absolute atomic E-state index is 12.7. The number of carbonyl (C=O) groups excluding carboxylic acids is 3. The van der Waals surface area contributed by atoms with Crippen LogP contribution in [0.4, 0.5) is 9.18 Å². The monoisotopic (exact) mass is 307 g/mol. The molecule has 116 valence electrons. The number of halogens is 1. The van der Waals surface area contributed by atoms with E-state index in [-0.39, 0.29) is 36.8 Å². The van der Waals surface area contributed by atoms with Crippen LogP contribution >= 0.6 is 0 Å². The number of hydrogen-bond acceptors (Lipinski definition) is 4. The minimum absolute atomic E-state index is 0.0109. The van der Waals surface area contributed by atoms with Gasteiger partial charge in [0, 0.05) is 13.1 Å². The van der Waals surface area contributed by atoms with E-state index >= 15 is 0 Å². The molecule has 0 aliphatic carbocycles. The van der Waals surface area contributed by atoms with Gasteiger partial charge in [0.25, 0.3) is 5.91 Å². The van der Waals surface area contributed by atoms with Gasteiger partial charge in [0.15, 0.2) is 6.61 Å². The number of amides is 4. The summed E-state index contributed by atoms with van der Waals surface area (Å²) in [4.78, 5) is 37.6. The van der Waals surface area contributed by atoms with E-state index in [1.807, 2.05) is 0 Å². The highest BCUT2D eigenvalue weighted by Crippen LogP contribution is 2.18. The van der Waals surface area contributed by atoms with E-state index < -0.39 is 6.03 Å². The predicted octanol–water partition coefficient (Wildman–Crippen LogP) is -0.0329. The number of urea groups is 1. The zero-order chi connectivity index (χ0) is 15.7. The third kappa shape index (κ3) is 2.72. The fourth-order valence-corrected chi connectivity index (χ4v) is 2.39. The van der Waals surface area contributed by atoms with Crippen LogP contribution < -0.4 is 10.1 Å². The molecule has 0 aromatic heterocycles. The first-order chi connectivity index (χ1) is 10.5. The second-order valence-corrected chi connectivity index (χ2v) is 5.12. The first-order valence-corrected chi connectivity index (χ1v) is 6.80. The zero-order valence-electron chi connectivity index (χ0n) is 11.6. The van der Waals surface area contributed by atoms with Crippen molar-refractivity contribution in [1.29, 1.82) is 0 Å². The molecule has 2 heterocycles. The quantitative estimate of drug-likeness (QED) is 0.792. The Morgan fingerprint density at radius 2 is 1.95 bits per heavy atom. The zero-order valence-corrected chi connectivity index (χ0v) is 11.6. The van der Waals surface area contributed by atoms with Crippen LogP contribution in [0.1, 0.15) is 0 Å². The van der Waals surface area contributed by atoms with Crippen molar-refractivity contribution >= 4 is 17.8 Å². The van der Waals surface area contributed by atoms with Crippen LogP contribution in [0.5, 0.6) is 5.75 Å². The summed E-state index contributed by atoms with van der Waals surface area (Å²) in [5.41, 5.74) is 0. The van der Waals surface area contributed by atoms with Crippen molar-refractivity contribution in [2.45, 2.75) is 6.04 Å². The number of carbonyl (C=O) groups is 3. The van der Waals surface area contributed by atoms with E-state index in [4.69, 9.17) is 4.74 Å². The molecule has 2 aliphatic heterocycles. The molecule has 0 spiro atoms. The maximum Gasteiger partial charge on any atom is 0.324 e. The van der Waals surface area contributed by atoms with Gasteiger partial charge in [-0.05, 0) is 24.3 Å². The summed E-state index contributed by atoms with van der Waals surface area (Å²) in [6, 6.07) is 4.69. The summed E-state index contributed by atoms with van der Waals surface area (Å²) < 4.78 is 18.0. The first kappa shape index (κ1) is 14.3. The van der Waals surface area contributed by atoms with Crippen molar-refractivity contribution < 1.29 is 23.5 Å². The third-order valence-electron chi connectivity index (χ3n) is 3.63. The standard InChI is InChI=1S/C14H14FN3O4/c15-9-1-3-11(4-2-9)22-8-13(20)17-6-10(7-17)18-12(19)5-16-14(18)21/h1-4,10H,5-8H2,(H,16,21). The summed E-state index contributed by atoms with van der Waals surface area (Å²) >= 11 is 0. The SMILES string of the molecule is O=C(COc1ccc(F)cc1)N1CC(N2C(=O)CNC2=O)C1. The van der Waals surface area contributed by atoms with Crippen molar-refractivity contribution in [3.63, 3.8) is 0 Å². The van der Waals surface area contributed by atoms with E-state index in [9.17, 15) is 18.8 Å². The molecular weight excluding hydrogens is 293 g/mol. The summed E-state index contributed by atoms with van der Waals surface area (Å²) in [5, 5.41) is 2.44. The molecule has 0 saturated carbocycles. The molecule has 2 fully saturated rings. The van der Waals surface area contributed by atoms with Crippen LogP contribution in [0.3, 0.4) is 0 Å². The molecular formula is C14H14FN3O4. The Balaban J connectivity index is 1.46. The molecule has 3 rings (SSSR count). The van der Waals surface area contributed by atoms with Crippen LogP contribution in [0.25, 0.3) is 0 Å². The van der Waals surface area contributed by atoms with Crippen LogP contribution in [-0.4, -0.2) is 59.9 Å². The minimum atomic E-state index is -0.412. The van der Waals surface area contributed by atoms with Gasteiger partial charge in [-0.2, -0.15) is 0 Å². The number of rotatable bonds is 4. The van der Waals surface area contributed by atoms with Gasteiger partial charge in [-0.3, -0.25) is 14.5 Å². The molecule has 2 aliphatic rings. The van der Waals surface area contributed by atoms with Crippen LogP contribution in [0.15, 0.2) is 24.3 Å². The second-order valence-electron chi connectivity index (χ2n) is 5.12. The van der Waals surface area contributed by atoms with Gasteiger partial charge >= 0.3 is 6.03 Å². The highest BCUT2D eigenvalue weighted by molar-refractivity contribution is 6.02. The highest BCUT2D eigenvalue weighted by Gasteiger charge is 2.42. The first-order valence-electron chi connectivity index (χ1n) is 6.80. The lowest BCUT2D eigenvalue weighted by molar-refractivity contribution is -0.143. The van der Waals surface area contributed by atoms with Crippen molar-refractivity contribution in [1.82, 2.24) is 15.1 Å². The van der Waals surface area contributed by atoms with Crippen molar-refractivity contribution in [2.75, 3.05) is 26.2 Å². The number of likely N-dealkylation sites (tertiary alicyclic amines) is 1. The number of benzene rings is 1. The van der Waals surface area contributed by atoms with Crippen LogP contribution in [-0.2, 0) is 9.59 Å². The topological polar surface area (TPSA) is 79.0 Å². The number of imide groups is 1. The van der Waals surface area contributed by atoms with Gasteiger partial charge in [0.2, 0.25) is 5.91 Å². The smallest absolute Gasteiger partial charge is 0.324 e. The Hall–Kier alpha value is -2.64. The molecule has 0 bridgehead atoms. The van der Waals surface area contributed by atoms with Crippen molar-refractivity contribution in [2.24, 2.45) is 0 Å². The van der Waals surface area contributed by atoms with E-state index in [1.54, 1.807) is 0 Å². The molecule has 2 saturated heterocycles. The average Bonchev–Trinajstić information content (AvgIpc) is 2.77. The Morgan fingerprint density at radius 3 is 2.55 bits per heavy atom. The molecule has 1 N–H and O–H groups in total. The van der Waals surface area contributed by atoms with Gasteiger partial charge in [-0.15, -0.1) is 0 Å². The normalized spacial score (nSPS) is 18.2. The minimum Gasteiger partial charge on any atom is -0.484 e. The highest BCUT2D eigenvalue weighted by atomic mass is 19.1. The third-order valence-corrected chi connectivity index (χ3v) is 3.63. The lowest BCUT2D eigenvalue weighted by Gasteiger charge is -2.42. The maximum atomic E-state index is 12.7. The van der Waals surface area contributed by atoms with Crippen molar-refractivity contribution in [3.05, 3.63) is 30.1 Å². The lowest BCUT2D eigenvalue weighted by atomic mass is 10.1. The largest absolute Gasteiger partial charge is 0.484 e. The van der Waals surface area contributed by atoms with Crippen molar-refractivity contribution in [3.8, 4) is 5.75 Å². The van der Waals surface area contributed by atoms with E-state index in [0.29, 0.717) is 18.8 Å². The summed E-state index contributed by atoms with van der Waals surface area (Å²) in [5.74, 6) is -0.490. The van der Waals surface area contributed by atoms with Gasteiger partial charge in [-0.1, -0.05) is 0 Å². The van der Waals surface area contributed by atoms with Gasteiger partial charge in [0.05, 0.1) is 12.6 Å². The molecule has 22 heavy (non-hydrogen) atoms. The van der Waals surface area contributed by atoms with Crippen LogP contribution in [0, 0.1) is 5.82 Å². The molecule has 7 nitrogen and oxygen atoms in total. The van der Waals surface area contributed by atoms with Gasteiger partial charge < -0.3 is 15.0 Å². The fraction of sp³-hybridized carbons (Fsp3) is 0.357. The number of ether oxygens (including phenoxy) is 1. The Bertz CT molecular complexity index is 597. The number of nitrogens with one attached hydrogen (secondary N) is 1. The Morgan fingerprint density at radius 1 is 1.27 bits per heavy atom. The number of nitrogens with zero attached hydrogens (tertiary/aromatic N) is 2. The molecule has 4 amide bonds. The summed E-state index contributed by atoms with van der Waals surface area (Å²) in [6.45, 7) is 0.463. The van der Waals surface area contributed by atoms with E-state index in [2.05, 4.69) is 5.32 Å².